The number of aromatic nitrogens is 2. The molecule has 4 nitrogen and oxygen atoms in total. The van der Waals surface area contributed by atoms with E-state index in [0.29, 0.717) is 6.54 Å². The van der Waals surface area contributed by atoms with E-state index in [1.807, 2.05) is 6.07 Å². The minimum absolute atomic E-state index is 0.0322. The molecular weight excluding hydrogens is 290 g/mol. The summed E-state index contributed by atoms with van der Waals surface area (Å²) in [6.45, 7) is 0.608. The highest BCUT2D eigenvalue weighted by atomic mass is 79.9. The molecule has 0 fully saturated rings. The Kier molecular flexibility index (Phi) is 3.74. The van der Waals surface area contributed by atoms with Gasteiger partial charge in [0.05, 0.1) is 15.0 Å². The summed E-state index contributed by atoms with van der Waals surface area (Å²) in [6.07, 6.45) is 4.15. The quantitative estimate of drug-likeness (QED) is 0.909. The average molecular weight is 300 g/mol. The van der Waals surface area contributed by atoms with Gasteiger partial charge in [-0.2, -0.15) is 0 Å². The molecule has 16 heavy (non-hydrogen) atoms. The lowest BCUT2D eigenvalue weighted by Crippen LogP contribution is -2.24. The number of rotatable bonds is 4. The molecule has 0 radical (unpaired) electrons. The van der Waals surface area contributed by atoms with Crippen LogP contribution in [0.3, 0.4) is 0 Å². The molecule has 0 aliphatic rings. The first-order chi connectivity index (χ1) is 7.75. The van der Waals surface area contributed by atoms with Gasteiger partial charge in [0.1, 0.15) is 0 Å². The number of amides is 1. The molecule has 1 amide bonds. The van der Waals surface area contributed by atoms with Crippen molar-refractivity contribution in [3.05, 3.63) is 39.0 Å². The Morgan fingerprint density at radius 1 is 1.56 bits per heavy atom. The number of carbonyl (C=O) groups excluding carboxylic acids is 1. The number of nitrogens with zero attached hydrogens (tertiary/aromatic N) is 1. The maximum absolute atomic E-state index is 11.6. The molecule has 6 heteroatoms. The van der Waals surface area contributed by atoms with Crippen LogP contribution in [-0.2, 0) is 6.42 Å². The van der Waals surface area contributed by atoms with Crippen LogP contribution in [0.4, 0.5) is 0 Å². The van der Waals surface area contributed by atoms with Crippen LogP contribution in [0.25, 0.3) is 0 Å². The molecule has 2 rings (SSSR count). The first kappa shape index (κ1) is 11.3. The van der Waals surface area contributed by atoms with Crippen molar-refractivity contribution in [2.24, 2.45) is 0 Å². The third-order valence-corrected chi connectivity index (χ3v) is 3.65. The molecule has 0 aromatic carbocycles. The van der Waals surface area contributed by atoms with Gasteiger partial charge in [0.2, 0.25) is 0 Å². The highest BCUT2D eigenvalue weighted by Gasteiger charge is 2.07. The molecule has 0 saturated heterocycles. The summed E-state index contributed by atoms with van der Waals surface area (Å²) < 4.78 is 0.964. The van der Waals surface area contributed by atoms with Crippen LogP contribution in [-0.4, -0.2) is 22.4 Å². The van der Waals surface area contributed by atoms with Crippen LogP contribution in [0.15, 0.2) is 28.4 Å². The van der Waals surface area contributed by atoms with Gasteiger partial charge in [-0.15, -0.1) is 11.3 Å². The second kappa shape index (κ2) is 5.27. The predicted octanol–water partition coefficient (Wildman–Crippen LogP) is 2.21. The lowest BCUT2D eigenvalue weighted by atomic mass is 10.3. The summed E-state index contributed by atoms with van der Waals surface area (Å²) in [5.74, 6) is -0.0322. The SMILES string of the molecule is O=C(NCCc1cnc[nH]1)c1ccc(Br)s1. The second-order valence-electron chi connectivity index (χ2n) is 3.19. The van der Waals surface area contributed by atoms with Crippen LogP contribution in [0, 0.1) is 0 Å². The summed E-state index contributed by atoms with van der Waals surface area (Å²) in [7, 11) is 0. The lowest BCUT2D eigenvalue weighted by molar-refractivity contribution is 0.0958. The molecule has 2 aromatic heterocycles. The van der Waals surface area contributed by atoms with E-state index in [4.69, 9.17) is 0 Å². The Labute approximate surface area is 105 Å². The standard InChI is InChI=1S/C10H10BrN3OS/c11-9-2-1-8(16-9)10(15)13-4-3-7-5-12-6-14-7/h1-2,5-6H,3-4H2,(H,12,14)(H,13,15). The van der Waals surface area contributed by atoms with Gasteiger partial charge in [0.25, 0.3) is 5.91 Å². The molecule has 0 aliphatic heterocycles. The predicted molar refractivity (Wildman–Crippen MR) is 66.6 cm³/mol. The van der Waals surface area contributed by atoms with E-state index in [1.54, 1.807) is 18.6 Å². The van der Waals surface area contributed by atoms with Gasteiger partial charge in [-0.05, 0) is 28.1 Å². The van der Waals surface area contributed by atoms with E-state index in [0.717, 1.165) is 20.8 Å². The number of aromatic amines is 1. The van der Waals surface area contributed by atoms with Crippen molar-refractivity contribution in [2.45, 2.75) is 6.42 Å². The van der Waals surface area contributed by atoms with Gasteiger partial charge in [-0.3, -0.25) is 4.79 Å². The molecular formula is C10H10BrN3OS. The number of halogens is 1. The molecule has 0 bridgehead atoms. The number of hydrogen-bond acceptors (Lipinski definition) is 3. The van der Waals surface area contributed by atoms with E-state index in [2.05, 4.69) is 31.2 Å². The van der Waals surface area contributed by atoms with Crippen LogP contribution < -0.4 is 5.32 Å². The van der Waals surface area contributed by atoms with Crippen molar-refractivity contribution < 1.29 is 4.79 Å². The van der Waals surface area contributed by atoms with E-state index < -0.39 is 0 Å². The largest absolute Gasteiger partial charge is 0.351 e. The molecule has 0 spiro atoms. The van der Waals surface area contributed by atoms with Crippen LogP contribution in [0.2, 0.25) is 0 Å². The van der Waals surface area contributed by atoms with Crippen molar-refractivity contribution in [3.63, 3.8) is 0 Å². The van der Waals surface area contributed by atoms with E-state index in [9.17, 15) is 4.79 Å². The Morgan fingerprint density at radius 2 is 2.44 bits per heavy atom. The molecule has 84 valence electrons. The average Bonchev–Trinajstić information content (AvgIpc) is 2.89. The number of hydrogen-bond donors (Lipinski definition) is 2. The normalized spacial score (nSPS) is 10.3. The smallest absolute Gasteiger partial charge is 0.261 e. The van der Waals surface area contributed by atoms with Crippen molar-refractivity contribution in [3.8, 4) is 0 Å². The van der Waals surface area contributed by atoms with Gasteiger partial charge in [0.15, 0.2) is 0 Å². The fourth-order valence-corrected chi connectivity index (χ4v) is 2.56. The molecule has 0 atom stereocenters. The topological polar surface area (TPSA) is 57.8 Å². The summed E-state index contributed by atoms with van der Waals surface area (Å²) in [5, 5.41) is 2.85. The van der Waals surface area contributed by atoms with E-state index in [-0.39, 0.29) is 5.91 Å². The van der Waals surface area contributed by atoms with E-state index in [1.165, 1.54) is 11.3 Å². The third kappa shape index (κ3) is 2.93. The van der Waals surface area contributed by atoms with Crippen molar-refractivity contribution >= 4 is 33.2 Å². The Bertz CT molecular complexity index is 466. The van der Waals surface area contributed by atoms with Crippen LogP contribution >= 0.6 is 27.3 Å². The van der Waals surface area contributed by atoms with Gasteiger partial charge in [-0.25, -0.2) is 4.98 Å². The van der Waals surface area contributed by atoms with Crippen LogP contribution in [0.5, 0.6) is 0 Å². The summed E-state index contributed by atoms with van der Waals surface area (Å²) in [5.41, 5.74) is 1.02. The van der Waals surface area contributed by atoms with Crippen molar-refractivity contribution in [1.29, 1.82) is 0 Å². The molecule has 0 aliphatic carbocycles. The Morgan fingerprint density at radius 3 is 3.06 bits per heavy atom. The zero-order valence-electron chi connectivity index (χ0n) is 8.37. The summed E-state index contributed by atoms with van der Waals surface area (Å²) >= 11 is 4.75. The highest BCUT2D eigenvalue weighted by Crippen LogP contribution is 2.21. The first-order valence-corrected chi connectivity index (χ1v) is 6.37. The number of imidazole rings is 1. The van der Waals surface area contributed by atoms with Gasteiger partial charge >= 0.3 is 0 Å². The monoisotopic (exact) mass is 299 g/mol. The van der Waals surface area contributed by atoms with Gasteiger partial charge in [0, 0.05) is 24.9 Å². The van der Waals surface area contributed by atoms with Crippen LogP contribution in [0.1, 0.15) is 15.4 Å². The summed E-state index contributed by atoms with van der Waals surface area (Å²) in [6, 6.07) is 3.68. The van der Waals surface area contributed by atoms with Gasteiger partial charge in [-0.1, -0.05) is 0 Å². The van der Waals surface area contributed by atoms with E-state index >= 15 is 0 Å². The van der Waals surface area contributed by atoms with Gasteiger partial charge < -0.3 is 10.3 Å². The molecule has 0 unspecified atom stereocenters. The lowest BCUT2D eigenvalue weighted by Gasteiger charge is -2.01. The molecule has 2 N–H and O–H groups in total. The fourth-order valence-electron chi connectivity index (χ4n) is 1.26. The minimum Gasteiger partial charge on any atom is -0.351 e. The maximum Gasteiger partial charge on any atom is 0.261 e. The summed E-state index contributed by atoms with van der Waals surface area (Å²) in [4.78, 5) is 19.3. The maximum atomic E-state index is 11.6. The molecule has 0 saturated carbocycles. The second-order valence-corrected chi connectivity index (χ2v) is 5.65. The number of thiophene rings is 1. The molecule has 2 aromatic rings. The number of H-pyrrole nitrogens is 1. The number of nitrogens with one attached hydrogen (secondary N) is 2. The number of carbonyl (C=O) groups is 1. The third-order valence-electron chi connectivity index (χ3n) is 2.03. The Hall–Kier alpha value is -1.14. The highest BCUT2D eigenvalue weighted by molar-refractivity contribution is 9.11. The van der Waals surface area contributed by atoms with Crippen molar-refractivity contribution in [1.82, 2.24) is 15.3 Å². The molecule has 2 heterocycles. The van der Waals surface area contributed by atoms with Crippen molar-refractivity contribution in [2.75, 3.05) is 6.54 Å². The zero-order chi connectivity index (χ0) is 11.4. The fraction of sp³-hybridized carbons (Fsp3) is 0.200. The first-order valence-electron chi connectivity index (χ1n) is 4.76. The Balaban J connectivity index is 1.80. The zero-order valence-corrected chi connectivity index (χ0v) is 10.8. The minimum atomic E-state index is -0.0322.